The lowest BCUT2D eigenvalue weighted by molar-refractivity contribution is 0.169. The first kappa shape index (κ1) is 21.6. The molecule has 0 amide bonds. The zero-order chi connectivity index (χ0) is 21.8. The molecule has 0 radical (unpaired) electrons. The number of anilines is 3. The minimum atomic E-state index is -0.530. The van der Waals surface area contributed by atoms with Crippen LogP contribution in [-0.2, 0) is 6.54 Å². The fourth-order valence-electron chi connectivity index (χ4n) is 3.25. The number of nitrogen functional groups attached to an aromatic ring is 1. The molecule has 0 saturated carbocycles. The summed E-state index contributed by atoms with van der Waals surface area (Å²) in [6.07, 6.45) is 1.98. The number of nitrogens with zero attached hydrogens (tertiary/aromatic N) is 4. The highest BCUT2D eigenvalue weighted by molar-refractivity contribution is 5.84. The zero-order valence-electron chi connectivity index (χ0n) is 18.2. The SMILES string of the molecule is CCC(Nc1nc(NCc2cc(OC)ccc2N)c2ncn(C(C)C)c2n1)C(C)O. The van der Waals surface area contributed by atoms with Gasteiger partial charge in [-0.05, 0) is 51.0 Å². The number of aliphatic hydroxyl groups excluding tert-OH is 1. The lowest BCUT2D eigenvalue weighted by Crippen LogP contribution is -2.31. The average Bonchev–Trinajstić information content (AvgIpc) is 3.15. The van der Waals surface area contributed by atoms with E-state index in [-0.39, 0.29) is 12.1 Å². The molecule has 2 unspecified atom stereocenters. The Balaban J connectivity index is 1.98. The van der Waals surface area contributed by atoms with E-state index in [0.717, 1.165) is 23.4 Å². The Morgan fingerprint density at radius 1 is 1.23 bits per heavy atom. The van der Waals surface area contributed by atoms with Gasteiger partial charge in [-0.3, -0.25) is 0 Å². The van der Waals surface area contributed by atoms with Crippen LogP contribution < -0.4 is 21.1 Å². The van der Waals surface area contributed by atoms with E-state index >= 15 is 0 Å². The Morgan fingerprint density at radius 3 is 2.63 bits per heavy atom. The zero-order valence-corrected chi connectivity index (χ0v) is 18.2. The largest absolute Gasteiger partial charge is 0.497 e. The smallest absolute Gasteiger partial charge is 0.227 e. The molecule has 0 aliphatic rings. The molecule has 2 aromatic heterocycles. The number of hydrogen-bond acceptors (Lipinski definition) is 8. The molecule has 0 fully saturated rings. The number of nitrogens with one attached hydrogen (secondary N) is 2. The summed E-state index contributed by atoms with van der Waals surface area (Å²) in [7, 11) is 1.62. The number of methoxy groups -OCH3 is 1. The third-order valence-corrected chi connectivity index (χ3v) is 5.11. The quantitative estimate of drug-likeness (QED) is 0.394. The van der Waals surface area contributed by atoms with E-state index in [4.69, 9.17) is 10.5 Å². The molecule has 0 aliphatic carbocycles. The third kappa shape index (κ3) is 4.56. The second-order valence-electron chi connectivity index (χ2n) is 7.63. The van der Waals surface area contributed by atoms with Gasteiger partial charge in [-0.15, -0.1) is 0 Å². The number of nitrogens with two attached hydrogens (primary N) is 1. The van der Waals surface area contributed by atoms with Crippen molar-refractivity contribution in [3.8, 4) is 5.75 Å². The number of rotatable bonds is 9. The normalized spacial score (nSPS) is 13.4. The van der Waals surface area contributed by atoms with Crippen molar-refractivity contribution in [2.75, 3.05) is 23.5 Å². The van der Waals surface area contributed by atoms with Crippen LogP contribution in [-0.4, -0.2) is 43.9 Å². The van der Waals surface area contributed by atoms with Crippen LogP contribution in [0.5, 0.6) is 5.75 Å². The Kier molecular flexibility index (Phi) is 6.61. The summed E-state index contributed by atoms with van der Waals surface area (Å²) in [5.41, 5.74) is 9.10. The molecule has 1 aromatic carbocycles. The molecule has 0 saturated heterocycles. The van der Waals surface area contributed by atoms with Gasteiger partial charge in [0.15, 0.2) is 17.0 Å². The molecule has 3 aromatic rings. The molecule has 5 N–H and O–H groups in total. The number of imidazole rings is 1. The van der Waals surface area contributed by atoms with Gasteiger partial charge >= 0.3 is 0 Å². The van der Waals surface area contributed by atoms with Crippen LogP contribution >= 0.6 is 0 Å². The van der Waals surface area contributed by atoms with Crippen LogP contribution in [0, 0.1) is 0 Å². The molecule has 2 heterocycles. The molecular weight excluding hydrogens is 382 g/mol. The number of ether oxygens (including phenoxy) is 1. The van der Waals surface area contributed by atoms with Crippen molar-refractivity contribution in [1.82, 2.24) is 19.5 Å². The van der Waals surface area contributed by atoms with Crippen molar-refractivity contribution < 1.29 is 9.84 Å². The van der Waals surface area contributed by atoms with Crippen molar-refractivity contribution >= 4 is 28.6 Å². The Morgan fingerprint density at radius 2 is 2.00 bits per heavy atom. The van der Waals surface area contributed by atoms with Crippen LogP contribution in [0.1, 0.15) is 45.7 Å². The van der Waals surface area contributed by atoms with E-state index in [0.29, 0.717) is 29.5 Å². The monoisotopic (exact) mass is 413 g/mol. The molecule has 0 bridgehead atoms. The average molecular weight is 414 g/mol. The van der Waals surface area contributed by atoms with E-state index in [9.17, 15) is 5.11 Å². The summed E-state index contributed by atoms with van der Waals surface area (Å²) in [6, 6.07) is 5.58. The number of benzene rings is 1. The Bertz CT molecular complexity index is 1000. The molecule has 9 heteroatoms. The molecule has 3 rings (SSSR count). The summed E-state index contributed by atoms with van der Waals surface area (Å²) >= 11 is 0. The van der Waals surface area contributed by atoms with Crippen LogP contribution in [0.15, 0.2) is 24.5 Å². The molecule has 162 valence electrons. The van der Waals surface area contributed by atoms with Crippen molar-refractivity contribution in [2.45, 2.75) is 58.8 Å². The molecule has 0 aliphatic heterocycles. The maximum Gasteiger partial charge on any atom is 0.227 e. The number of hydrogen-bond donors (Lipinski definition) is 4. The van der Waals surface area contributed by atoms with Gasteiger partial charge in [-0.2, -0.15) is 9.97 Å². The standard InChI is InChI=1S/C21H31N7O2/c1-6-17(13(4)29)25-21-26-19(18-20(27-21)28(11-24-18)12(2)3)23-10-14-9-15(30-5)7-8-16(14)22/h7-9,11-13,17,29H,6,10,22H2,1-5H3,(H2,23,25,26,27). The summed E-state index contributed by atoms with van der Waals surface area (Å²) in [6.45, 7) is 8.36. The molecular formula is C21H31N7O2. The highest BCUT2D eigenvalue weighted by Crippen LogP contribution is 2.26. The van der Waals surface area contributed by atoms with Gasteiger partial charge in [0.1, 0.15) is 5.75 Å². The molecule has 30 heavy (non-hydrogen) atoms. The number of fused-ring (bicyclic) bond motifs is 1. The van der Waals surface area contributed by atoms with Crippen LogP contribution in [0.3, 0.4) is 0 Å². The molecule has 9 nitrogen and oxygen atoms in total. The molecule has 2 atom stereocenters. The van der Waals surface area contributed by atoms with Crippen LogP contribution in [0.2, 0.25) is 0 Å². The fraction of sp³-hybridized carbons (Fsp3) is 0.476. The van der Waals surface area contributed by atoms with Gasteiger partial charge in [-0.1, -0.05) is 6.92 Å². The minimum absolute atomic E-state index is 0.153. The summed E-state index contributed by atoms with van der Waals surface area (Å²) in [5, 5.41) is 16.6. The Hall–Kier alpha value is -3.07. The van der Waals surface area contributed by atoms with Crippen molar-refractivity contribution in [3.05, 3.63) is 30.1 Å². The van der Waals surface area contributed by atoms with Gasteiger partial charge in [0.2, 0.25) is 5.95 Å². The minimum Gasteiger partial charge on any atom is -0.497 e. The molecule has 0 spiro atoms. The van der Waals surface area contributed by atoms with Crippen molar-refractivity contribution in [1.29, 1.82) is 0 Å². The summed E-state index contributed by atoms with van der Waals surface area (Å²) in [4.78, 5) is 13.8. The van der Waals surface area contributed by atoms with Gasteiger partial charge in [-0.25, -0.2) is 4.98 Å². The predicted octanol–water partition coefficient (Wildman–Crippen LogP) is 3.18. The fourth-order valence-corrected chi connectivity index (χ4v) is 3.25. The predicted molar refractivity (Wildman–Crippen MR) is 120 cm³/mol. The summed E-state index contributed by atoms with van der Waals surface area (Å²) < 4.78 is 7.30. The first-order chi connectivity index (χ1) is 14.3. The topological polar surface area (TPSA) is 123 Å². The highest BCUT2D eigenvalue weighted by Gasteiger charge is 2.18. The summed E-state index contributed by atoms with van der Waals surface area (Å²) in [5.74, 6) is 1.78. The van der Waals surface area contributed by atoms with E-state index in [1.54, 1.807) is 20.4 Å². The van der Waals surface area contributed by atoms with Crippen LogP contribution in [0.25, 0.3) is 11.2 Å². The van der Waals surface area contributed by atoms with Gasteiger partial charge < -0.3 is 30.8 Å². The first-order valence-corrected chi connectivity index (χ1v) is 10.2. The van der Waals surface area contributed by atoms with E-state index in [2.05, 4.69) is 39.4 Å². The van der Waals surface area contributed by atoms with Gasteiger partial charge in [0.05, 0.1) is 25.6 Å². The second kappa shape index (κ2) is 9.17. The van der Waals surface area contributed by atoms with E-state index in [1.807, 2.05) is 29.7 Å². The second-order valence-corrected chi connectivity index (χ2v) is 7.63. The lowest BCUT2D eigenvalue weighted by atomic mass is 10.1. The van der Waals surface area contributed by atoms with E-state index < -0.39 is 6.10 Å². The highest BCUT2D eigenvalue weighted by atomic mass is 16.5. The number of aromatic nitrogens is 4. The van der Waals surface area contributed by atoms with Crippen molar-refractivity contribution in [2.24, 2.45) is 0 Å². The maximum atomic E-state index is 10.0. The van der Waals surface area contributed by atoms with Crippen LogP contribution in [0.4, 0.5) is 17.5 Å². The maximum absolute atomic E-state index is 10.0. The lowest BCUT2D eigenvalue weighted by Gasteiger charge is -2.20. The first-order valence-electron chi connectivity index (χ1n) is 10.2. The number of aliphatic hydroxyl groups is 1. The Labute approximate surface area is 176 Å². The third-order valence-electron chi connectivity index (χ3n) is 5.11. The van der Waals surface area contributed by atoms with Crippen molar-refractivity contribution in [3.63, 3.8) is 0 Å². The van der Waals surface area contributed by atoms with Gasteiger partial charge in [0, 0.05) is 18.3 Å². The van der Waals surface area contributed by atoms with Gasteiger partial charge in [0.25, 0.3) is 0 Å². The van der Waals surface area contributed by atoms with E-state index in [1.165, 1.54) is 0 Å².